The largest absolute Gasteiger partial charge is 0.457 e. The van der Waals surface area contributed by atoms with Crippen molar-refractivity contribution in [1.29, 1.82) is 0 Å². The zero-order valence-electron chi connectivity index (χ0n) is 19.9. The van der Waals surface area contributed by atoms with Crippen LogP contribution in [0.15, 0.2) is 72.8 Å². The Morgan fingerprint density at radius 2 is 1.49 bits per heavy atom. The Morgan fingerprint density at radius 3 is 2.19 bits per heavy atom. The fourth-order valence-corrected chi connectivity index (χ4v) is 3.23. The molecule has 0 aliphatic heterocycles. The number of esters is 1. The molecule has 3 aromatic rings. The molecule has 0 atom stereocenters. The van der Waals surface area contributed by atoms with Crippen molar-refractivity contribution in [2.75, 3.05) is 17.2 Å². The fraction of sp³-hybridized carbons (Fsp3) is 0.222. The first-order chi connectivity index (χ1) is 17.6. The fourth-order valence-electron chi connectivity index (χ4n) is 3.23. The highest BCUT2D eigenvalue weighted by Gasteiger charge is 2.30. The van der Waals surface area contributed by atoms with Gasteiger partial charge in [-0.25, -0.2) is 0 Å². The van der Waals surface area contributed by atoms with Crippen molar-refractivity contribution in [3.8, 4) is 11.5 Å². The Morgan fingerprint density at radius 1 is 0.784 bits per heavy atom. The molecule has 0 spiro atoms. The lowest BCUT2D eigenvalue weighted by Crippen LogP contribution is -2.21. The van der Waals surface area contributed by atoms with Crippen LogP contribution in [0.3, 0.4) is 0 Å². The van der Waals surface area contributed by atoms with Crippen molar-refractivity contribution in [2.24, 2.45) is 0 Å². The van der Waals surface area contributed by atoms with Gasteiger partial charge in [0.2, 0.25) is 5.91 Å². The minimum Gasteiger partial charge on any atom is -0.457 e. The normalized spacial score (nSPS) is 10.9. The third kappa shape index (κ3) is 9.32. The molecule has 0 saturated carbocycles. The maximum atomic E-state index is 12.7. The second-order valence-electron chi connectivity index (χ2n) is 8.13. The molecule has 10 heteroatoms. The number of alkyl halides is 3. The minimum atomic E-state index is -4.54. The van der Waals surface area contributed by atoms with Crippen molar-refractivity contribution in [2.45, 2.75) is 32.4 Å². The number of nitrogens with one attached hydrogen (secondary N) is 2. The van der Waals surface area contributed by atoms with Crippen LogP contribution in [0.25, 0.3) is 0 Å². The molecule has 7 nitrogen and oxygen atoms in total. The molecule has 0 aromatic heterocycles. The number of benzene rings is 3. The van der Waals surface area contributed by atoms with E-state index in [4.69, 9.17) is 9.47 Å². The number of carbonyl (C=O) groups is 3. The summed E-state index contributed by atoms with van der Waals surface area (Å²) in [5.74, 6) is -0.465. The van der Waals surface area contributed by atoms with Gasteiger partial charge in [-0.1, -0.05) is 18.2 Å². The number of carbonyl (C=O) groups excluding carboxylic acids is 3. The zero-order valence-corrected chi connectivity index (χ0v) is 19.9. The van der Waals surface area contributed by atoms with Gasteiger partial charge < -0.3 is 20.1 Å². The monoisotopic (exact) mass is 514 g/mol. The summed E-state index contributed by atoms with van der Waals surface area (Å²) in [5.41, 5.74) is 0.661. The van der Waals surface area contributed by atoms with Crippen LogP contribution in [-0.2, 0) is 25.3 Å². The van der Waals surface area contributed by atoms with Crippen LogP contribution in [-0.4, -0.2) is 24.4 Å². The lowest BCUT2D eigenvalue weighted by molar-refractivity contribution is -0.147. The smallest absolute Gasteiger partial charge is 0.416 e. The first kappa shape index (κ1) is 27.3. The van der Waals surface area contributed by atoms with Crippen molar-refractivity contribution >= 4 is 29.2 Å². The van der Waals surface area contributed by atoms with Gasteiger partial charge in [0.25, 0.3) is 5.91 Å². The third-order valence-corrected chi connectivity index (χ3v) is 4.99. The summed E-state index contributed by atoms with van der Waals surface area (Å²) in [6.07, 6.45) is -4.41. The van der Waals surface area contributed by atoms with Crippen molar-refractivity contribution in [3.63, 3.8) is 0 Å². The molecule has 3 rings (SSSR count). The van der Waals surface area contributed by atoms with E-state index in [0.717, 1.165) is 23.8 Å². The van der Waals surface area contributed by atoms with E-state index in [9.17, 15) is 27.6 Å². The van der Waals surface area contributed by atoms with E-state index in [0.29, 0.717) is 17.2 Å². The van der Waals surface area contributed by atoms with Gasteiger partial charge in [-0.15, -0.1) is 0 Å². The summed E-state index contributed by atoms with van der Waals surface area (Å²) >= 11 is 0. The highest BCUT2D eigenvalue weighted by Crippen LogP contribution is 2.30. The van der Waals surface area contributed by atoms with E-state index in [-0.39, 0.29) is 30.9 Å². The lowest BCUT2D eigenvalue weighted by atomic mass is 10.2. The molecule has 0 fully saturated rings. The maximum absolute atomic E-state index is 12.7. The molecule has 0 aliphatic carbocycles. The number of hydrogen-bond acceptors (Lipinski definition) is 5. The van der Waals surface area contributed by atoms with E-state index in [1.54, 1.807) is 24.3 Å². The van der Waals surface area contributed by atoms with E-state index < -0.39 is 30.2 Å². The first-order valence-corrected chi connectivity index (χ1v) is 11.4. The van der Waals surface area contributed by atoms with Crippen LogP contribution >= 0.6 is 0 Å². The minimum absolute atomic E-state index is 0.0487. The van der Waals surface area contributed by atoms with E-state index >= 15 is 0 Å². The maximum Gasteiger partial charge on any atom is 0.416 e. The van der Waals surface area contributed by atoms with Gasteiger partial charge in [0.1, 0.15) is 11.5 Å². The van der Waals surface area contributed by atoms with Crippen LogP contribution in [0.4, 0.5) is 24.5 Å². The molecule has 0 unspecified atom stereocenters. The third-order valence-electron chi connectivity index (χ3n) is 4.99. The molecule has 37 heavy (non-hydrogen) atoms. The van der Waals surface area contributed by atoms with Gasteiger partial charge in [-0.05, 0) is 73.5 Å². The van der Waals surface area contributed by atoms with Gasteiger partial charge in [0, 0.05) is 24.2 Å². The van der Waals surface area contributed by atoms with Crippen LogP contribution < -0.4 is 15.4 Å². The Labute approximate surface area is 211 Å². The summed E-state index contributed by atoms with van der Waals surface area (Å²) in [4.78, 5) is 35.8. The van der Waals surface area contributed by atoms with Gasteiger partial charge in [0.15, 0.2) is 6.61 Å². The van der Waals surface area contributed by atoms with Gasteiger partial charge >= 0.3 is 12.1 Å². The van der Waals surface area contributed by atoms with E-state index in [1.165, 1.54) is 6.07 Å². The molecule has 2 amide bonds. The molecule has 0 heterocycles. The lowest BCUT2D eigenvalue weighted by Gasteiger charge is -2.10. The van der Waals surface area contributed by atoms with Crippen LogP contribution in [0.5, 0.6) is 11.5 Å². The topological polar surface area (TPSA) is 93.7 Å². The summed E-state index contributed by atoms with van der Waals surface area (Å²) in [7, 11) is 0. The number of amides is 2. The Balaban J connectivity index is 1.34. The molecule has 194 valence electrons. The van der Waals surface area contributed by atoms with Crippen LogP contribution in [0, 0.1) is 6.92 Å². The predicted molar refractivity (Wildman–Crippen MR) is 131 cm³/mol. The number of anilines is 2. The summed E-state index contributed by atoms with van der Waals surface area (Å²) in [6, 6.07) is 18.5. The number of halogens is 3. The zero-order chi connectivity index (χ0) is 26.8. The molecule has 2 N–H and O–H groups in total. The van der Waals surface area contributed by atoms with Crippen molar-refractivity contribution in [1.82, 2.24) is 0 Å². The van der Waals surface area contributed by atoms with Crippen LogP contribution in [0.1, 0.15) is 30.4 Å². The van der Waals surface area contributed by atoms with Gasteiger partial charge in [-0.2, -0.15) is 13.2 Å². The molecular formula is C27H25F3N2O5. The number of rotatable bonds is 10. The standard InChI is InChI=1S/C27H25F3N2O5/c1-18-5-2-8-23(15-18)37-22-13-11-20(12-14-22)31-24(33)9-4-10-26(35)36-17-25(34)32-21-7-3-6-19(16-21)27(28,29)30/h2-3,5-8,11-16H,4,9-10,17H2,1H3,(H,31,33)(H,32,34). The van der Waals surface area contributed by atoms with E-state index in [2.05, 4.69) is 10.6 Å². The summed E-state index contributed by atoms with van der Waals surface area (Å²) < 4.78 is 48.8. The van der Waals surface area contributed by atoms with Gasteiger partial charge in [-0.3, -0.25) is 14.4 Å². The quantitative estimate of drug-likeness (QED) is 0.319. The molecule has 0 saturated heterocycles. The molecule has 0 radical (unpaired) electrons. The van der Waals surface area contributed by atoms with Crippen molar-refractivity contribution in [3.05, 3.63) is 83.9 Å². The Kier molecular flexibility index (Phi) is 9.26. The number of ether oxygens (including phenoxy) is 2. The SMILES string of the molecule is Cc1cccc(Oc2ccc(NC(=O)CCCC(=O)OCC(=O)Nc3cccc(C(F)(F)F)c3)cc2)c1. The summed E-state index contributed by atoms with van der Waals surface area (Å²) in [5, 5.41) is 4.96. The predicted octanol–water partition coefficient (Wildman–Crippen LogP) is 6.10. The number of aryl methyl sites for hydroxylation is 1. The van der Waals surface area contributed by atoms with Crippen molar-refractivity contribution < 1.29 is 37.0 Å². The average Bonchev–Trinajstić information content (AvgIpc) is 2.84. The van der Waals surface area contributed by atoms with Gasteiger partial charge in [0.05, 0.1) is 5.56 Å². The average molecular weight is 515 g/mol. The molecule has 0 bridgehead atoms. The first-order valence-electron chi connectivity index (χ1n) is 11.4. The van der Waals surface area contributed by atoms with E-state index in [1.807, 2.05) is 31.2 Å². The summed E-state index contributed by atoms with van der Waals surface area (Å²) in [6.45, 7) is 1.31. The Bertz CT molecular complexity index is 1240. The highest BCUT2D eigenvalue weighted by molar-refractivity contribution is 5.93. The Hall–Kier alpha value is -4.34. The highest BCUT2D eigenvalue weighted by atomic mass is 19.4. The number of hydrogen-bond donors (Lipinski definition) is 2. The molecule has 3 aromatic carbocycles. The second-order valence-corrected chi connectivity index (χ2v) is 8.13. The molecule has 0 aliphatic rings. The molecular weight excluding hydrogens is 489 g/mol. The second kappa shape index (κ2) is 12.6. The van der Waals surface area contributed by atoms with Crippen LogP contribution in [0.2, 0.25) is 0 Å².